The van der Waals surface area contributed by atoms with Crippen LogP contribution < -0.4 is 10.2 Å². The Hall–Kier alpha value is -2.28. The standard InChI is InChI=1S/C17H20F2N4O/c1-17(24)4-6-23(7-5-17)16-9-15(21-11-22-16)20-10-12-2-3-13(18)14(19)8-12/h2-3,8-9,11,24H,4-7,10H2,1H3,(H,20,21,22). The number of hydrogen-bond donors (Lipinski definition) is 2. The van der Waals surface area contributed by atoms with Gasteiger partial charge < -0.3 is 15.3 Å². The van der Waals surface area contributed by atoms with E-state index in [0.29, 0.717) is 30.8 Å². The summed E-state index contributed by atoms with van der Waals surface area (Å²) in [6.45, 7) is 3.64. The number of benzene rings is 1. The third-order valence-corrected chi connectivity index (χ3v) is 4.27. The highest BCUT2D eigenvalue weighted by atomic mass is 19.2. The second-order valence-electron chi connectivity index (χ2n) is 6.35. The van der Waals surface area contributed by atoms with Crippen molar-refractivity contribution < 1.29 is 13.9 Å². The van der Waals surface area contributed by atoms with Gasteiger partial charge in [-0.25, -0.2) is 18.7 Å². The summed E-state index contributed by atoms with van der Waals surface area (Å²) in [4.78, 5) is 10.5. The van der Waals surface area contributed by atoms with Crippen LogP contribution in [0.3, 0.4) is 0 Å². The smallest absolute Gasteiger partial charge is 0.159 e. The van der Waals surface area contributed by atoms with E-state index >= 15 is 0 Å². The van der Waals surface area contributed by atoms with Gasteiger partial charge in [-0.15, -0.1) is 0 Å². The molecule has 0 unspecified atom stereocenters. The molecule has 128 valence electrons. The van der Waals surface area contributed by atoms with Crippen LogP contribution in [0, 0.1) is 11.6 Å². The highest BCUT2D eigenvalue weighted by molar-refractivity contribution is 5.49. The Bertz CT molecular complexity index is 713. The van der Waals surface area contributed by atoms with Crippen LogP contribution in [0.2, 0.25) is 0 Å². The Kier molecular flexibility index (Phi) is 4.62. The summed E-state index contributed by atoms with van der Waals surface area (Å²) in [6, 6.07) is 5.62. The number of anilines is 2. The Labute approximate surface area is 139 Å². The van der Waals surface area contributed by atoms with E-state index in [1.54, 1.807) is 0 Å². The highest BCUT2D eigenvalue weighted by Gasteiger charge is 2.27. The zero-order valence-electron chi connectivity index (χ0n) is 13.5. The summed E-state index contributed by atoms with van der Waals surface area (Å²) >= 11 is 0. The van der Waals surface area contributed by atoms with Gasteiger partial charge in [0.1, 0.15) is 18.0 Å². The SMILES string of the molecule is CC1(O)CCN(c2cc(NCc3ccc(F)c(F)c3)ncn2)CC1. The molecule has 1 saturated heterocycles. The van der Waals surface area contributed by atoms with Crippen LogP contribution in [0.5, 0.6) is 0 Å². The normalized spacial score (nSPS) is 16.9. The summed E-state index contributed by atoms with van der Waals surface area (Å²) < 4.78 is 26.2. The number of nitrogens with zero attached hydrogens (tertiary/aromatic N) is 3. The van der Waals surface area contributed by atoms with Gasteiger partial charge >= 0.3 is 0 Å². The zero-order chi connectivity index (χ0) is 17.2. The van der Waals surface area contributed by atoms with Gasteiger partial charge in [-0.05, 0) is 37.5 Å². The van der Waals surface area contributed by atoms with Crippen LogP contribution >= 0.6 is 0 Å². The van der Waals surface area contributed by atoms with E-state index in [1.807, 2.05) is 13.0 Å². The van der Waals surface area contributed by atoms with E-state index < -0.39 is 17.2 Å². The molecule has 1 aliphatic heterocycles. The van der Waals surface area contributed by atoms with Gasteiger partial charge in [0.05, 0.1) is 5.60 Å². The molecule has 0 spiro atoms. The van der Waals surface area contributed by atoms with Crippen LogP contribution in [0.4, 0.5) is 20.4 Å². The van der Waals surface area contributed by atoms with E-state index in [-0.39, 0.29) is 0 Å². The molecule has 1 aromatic heterocycles. The lowest BCUT2D eigenvalue weighted by Gasteiger charge is -2.36. The topological polar surface area (TPSA) is 61.3 Å². The van der Waals surface area contributed by atoms with Crippen LogP contribution in [0.15, 0.2) is 30.6 Å². The van der Waals surface area contributed by atoms with Gasteiger partial charge in [0.15, 0.2) is 11.6 Å². The van der Waals surface area contributed by atoms with Crippen LogP contribution in [0.1, 0.15) is 25.3 Å². The van der Waals surface area contributed by atoms with Crippen molar-refractivity contribution >= 4 is 11.6 Å². The monoisotopic (exact) mass is 334 g/mol. The maximum absolute atomic E-state index is 13.2. The predicted molar refractivity (Wildman–Crippen MR) is 87.8 cm³/mol. The third-order valence-electron chi connectivity index (χ3n) is 4.27. The number of nitrogens with one attached hydrogen (secondary N) is 1. The molecule has 2 N–H and O–H groups in total. The maximum Gasteiger partial charge on any atom is 0.159 e. The lowest BCUT2D eigenvalue weighted by Crippen LogP contribution is -2.42. The lowest BCUT2D eigenvalue weighted by molar-refractivity contribution is 0.0350. The predicted octanol–water partition coefficient (Wildman–Crippen LogP) is 2.72. The van der Waals surface area contributed by atoms with Crippen molar-refractivity contribution in [2.24, 2.45) is 0 Å². The Morgan fingerprint density at radius 3 is 2.62 bits per heavy atom. The van der Waals surface area contributed by atoms with Crippen molar-refractivity contribution in [3.63, 3.8) is 0 Å². The largest absolute Gasteiger partial charge is 0.390 e. The summed E-state index contributed by atoms with van der Waals surface area (Å²) in [7, 11) is 0. The second-order valence-corrected chi connectivity index (χ2v) is 6.35. The molecule has 0 bridgehead atoms. The lowest BCUT2D eigenvalue weighted by atomic mass is 9.94. The Morgan fingerprint density at radius 1 is 1.17 bits per heavy atom. The minimum absolute atomic E-state index is 0.336. The van der Waals surface area contributed by atoms with Crippen LogP contribution in [-0.2, 0) is 6.54 Å². The van der Waals surface area contributed by atoms with Crippen molar-refractivity contribution in [1.82, 2.24) is 9.97 Å². The van der Waals surface area contributed by atoms with Crippen molar-refractivity contribution in [2.75, 3.05) is 23.3 Å². The number of aliphatic hydroxyl groups is 1. The van der Waals surface area contributed by atoms with Gasteiger partial charge in [0.25, 0.3) is 0 Å². The molecule has 0 saturated carbocycles. The fourth-order valence-corrected chi connectivity index (χ4v) is 2.68. The average Bonchev–Trinajstić information content (AvgIpc) is 2.56. The van der Waals surface area contributed by atoms with E-state index in [1.165, 1.54) is 12.4 Å². The van der Waals surface area contributed by atoms with Crippen LogP contribution in [-0.4, -0.2) is 33.8 Å². The second kappa shape index (κ2) is 6.68. The summed E-state index contributed by atoms with van der Waals surface area (Å²) in [5, 5.41) is 13.1. The molecule has 3 rings (SSSR count). The first-order chi connectivity index (χ1) is 11.4. The number of hydrogen-bond acceptors (Lipinski definition) is 5. The molecule has 1 aliphatic rings. The summed E-state index contributed by atoms with van der Waals surface area (Å²) in [5.41, 5.74) is 0.0140. The molecule has 0 aliphatic carbocycles. The molecule has 2 heterocycles. The van der Waals surface area contributed by atoms with Crippen molar-refractivity contribution in [2.45, 2.75) is 31.9 Å². The van der Waals surface area contributed by atoms with Crippen molar-refractivity contribution in [3.05, 3.63) is 47.8 Å². The van der Waals surface area contributed by atoms with E-state index in [4.69, 9.17) is 0 Å². The van der Waals surface area contributed by atoms with Crippen LogP contribution in [0.25, 0.3) is 0 Å². The first-order valence-corrected chi connectivity index (χ1v) is 7.90. The van der Waals surface area contributed by atoms with E-state index in [2.05, 4.69) is 20.2 Å². The van der Waals surface area contributed by atoms with Crippen molar-refractivity contribution in [3.8, 4) is 0 Å². The number of aromatic nitrogens is 2. The van der Waals surface area contributed by atoms with Gasteiger partial charge in [-0.3, -0.25) is 0 Å². The molecule has 24 heavy (non-hydrogen) atoms. The number of piperidine rings is 1. The summed E-state index contributed by atoms with van der Waals surface area (Å²) in [6.07, 6.45) is 2.85. The molecule has 1 aromatic carbocycles. The fraction of sp³-hybridized carbons (Fsp3) is 0.412. The molecule has 0 radical (unpaired) electrons. The third kappa shape index (κ3) is 3.97. The van der Waals surface area contributed by atoms with E-state index in [9.17, 15) is 13.9 Å². The van der Waals surface area contributed by atoms with Gasteiger partial charge in [-0.1, -0.05) is 6.07 Å². The van der Waals surface area contributed by atoms with E-state index in [0.717, 1.165) is 31.0 Å². The number of rotatable bonds is 4. The Balaban J connectivity index is 1.64. The molecule has 2 aromatic rings. The number of halogens is 2. The van der Waals surface area contributed by atoms with Crippen molar-refractivity contribution in [1.29, 1.82) is 0 Å². The van der Waals surface area contributed by atoms with Gasteiger partial charge in [-0.2, -0.15) is 0 Å². The highest BCUT2D eigenvalue weighted by Crippen LogP contribution is 2.25. The maximum atomic E-state index is 13.2. The molecular weight excluding hydrogens is 314 g/mol. The molecule has 0 amide bonds. The molecule has 5 nitrogen and oxygen atoms in total. The minimum atomic E-state index is -0.863. The molecule has 7 heteroatoms. The minimum Gasteiger partial charge on any atom is -0.390 e. The molecule has 1 fully saturated rings. The first-order valence-electron chi connectivity index (χ1n) is 7.90. The van der Waals surface area contributed by atoms with Gasteiger partial charge in [0.2, 0.25) is 0 Å². The first kappa shape index (κ1) is 16.6. The Morgan fingerprint density at radius 2 is 1.92 bits per heavy atom. The van der Waals surface area contributed by atoms with Gasteiger partial charge in [0, 0.05) is 25.7 Å². The molecular formula is C17H20F2N4O. The zero-order valence-corrected chi connectivity index (χ0v) is 13.5. The molecule has 0 atom stereocenters. The summed E-state index contributed by atoms with van der Waals surface area (Å²) in [5.74, 6) is -0.322. The fourth-order valence-electron chi connectivity index (χ4n) is 2.68. The average molecular weight is 334 g/mol. The quantitative estimate of drug-likeness (QED) is 0.900.